The lowest BCUT2D eigenvalue weighted by Gasteiger charge is -2.22. The SMILES string of the molecule is COc1ccc(NC(=O)[C@H](C)[NH+](C)Cc2cc(OC)c(OC)cc2C)cc1. The van der Waals surface area contributed by atoms with Crippen LogP contribution >= 0.6 is 0 Å². The fourth-order valence-electron chi connectivity index (χ4n) is 2.82. The van der Waals surface area contributed by atoms with Gasteiger partial charge >= 0.3 is 0 Å². The first-order chi connectivity index (χ1) is 12.9. The summed E-state index contributed by atoms with van der Waals surface area (Å²) >= 11 is 0. The molecule has 6 heteroatoms. The number of quaternary nitrogens is 1. The van der Waals surface area contributed by atoms with Gasteiger partial charge in [-0.1, -0.05) is 0 Å². The molecule has 2 rings (SSSR count). The van der Waals surface area contributed by atoms with Crippen LogP contribution in [0.2, 0.25) is 0 Å². The van der Waals surface area contributed by atoms with Gasteiger partial charge in [0, 0.05) is 11.3 Å². The first-order valence-electron chi connectivity index (χ1n) is 8.88. The van der Waals surface area contributed by atoms with E-state index in [-0.39, 0.29) is 11.9 Å². The van der Waals surface area contributed by atoms with Gasteiger partial charge in [0.15, 0.2) is 17.5 Å². The zero-order valence-electron chi connectivity index (χ0n) is 16.9. The first-order valence-corrected chi connectivity index (χ1v) is 8.88. The fraction of sp³-hybridized carbons (Fsp3) is 0.381. The number of likely N-dealkylation sites (N-methyl/N-ethyl adjacent to an activating group) is 1. The van der Waals surface area contributed by atoms with Crippen molar-refractivity contribution in [3.8, 4) is 17.2 Å². The average Bonchev–Trinajstić information content (AvgIpc) is 2.68. The molecular weight excluding hydrogens is 344 g/mol. The Morgan fingerprint density at radius 3 is 2.19 bits per heavy atom. The highest BCUT2D eigenvalue weighted by molar-refractivity contribution is 5.93. The highest BCUT2D eigenvalue weighted by Crippen LogP contribution is 2.29. The van der Waals surface area contributed by atoms with E-state index in [0.29, 0.717) is 18.0 Å². The van der Waals surface area contributed by atoms with Crippen LogP contribution in [0.25, 0.3) is 0 Å². The van der Waals surface area contributed by atoms with Crippen molar-refractivity contribution in [3.63, 3.8) is 0 Å². The Morgan fingerprint density at radius 2 is 1.63 bits per heavy atom. The number of carbonyl (C=O) groups excluding carboxylic acids is 1. The van der Waals surface area contributed by atoms with Crippen LogP contribution < -0.4 is 24.4 Å². The molecular formula is C21H29N2O4+. The molecule has 2 aromatic rings. The Kier molecular flexibility index (Phi) is 7.07. The summed E-state index contributed by atoms with van der Waals surface area (Å²) < 4.78 is 15.9. The van der Waals surface area contributed by atoms with Crippen LogP contribution in [-0.2, 0) is 11.3 Å². The summed E-state index contributed by atoms with van der Waals surface area (Å²) in [5.74, 6) is 2.13. The molecule has 1 amide bonds. The number of nitrogens with one attached hydrogen (secondary N) is 2. The second-order valence-corrected chi connectivity index (χ2v) is 6.60. The second kappa shape index (κ2) is 9.28. The third-order valence-corrected chi connectivity index (χ3v) is 4.80. The largest absolute Gasteiger partial charge is 0.497 e. The molecule has 0 fully saturated rings. The number of aryl methyl sites for hydroxylation is 1. The van der Waals surface area contributed by atoms with Gasteiger partial charge in [-0.15, -0.1) is 0 Å². The van der Waals surface area contributed by atoms with Crippen molar-refractivity contribution in [3.05, 3.63) is 47.5 Å². The van der Waals surface area contributed by atoms with Gasteiger partial charge in [-0.05, 0) is 55.8 Å². The van der Waals surface area contributed by atoms with Gasteiger partial charge in [0.25, 0.3) is 5.91 Å². The van der Waals surface area contributed by atoms with Crippen molar-refractivity contribution in [2.45, 2.75) is 26.4 Å². The summed E-state index contributed by atoms with van der Waals surface area (Å²) in [4.78, 5) is 13.7. The Bertz CT molecular complexity index is 774. The Hall–Kier alpha value is -2.73. The van der Waals surface area contributed by atoms with Crippen LogP contribution in [0.1, 0.15) is 18.1 Å². The molecule has 0 aliphatic carbocycles. The minimum Gasteiger partial charge on any atom is -0.497 e. The third kappa shape index (κ3) is 5.14. The molecule has 2 atom stereocenters. The lowest BCUT2D eigenvalue weighted by Crippen LogP contribution is -3.12. The van der Waals surface area contributed by atoms with Gasteiger partial charge < -0.3 is 24.4 Å². The van der Waals surface area contributed by atoms with E-state index in [1.807, 2.05) is 57.3 Å². The van der Waals surface area contributed by atoms with Crippen LogP contribution in [0.5, 0.6) is 17.2 Å². The zero-order valence-corrected chi connectivity index (χ0v) is 16.9. The molecule has 0 saturated carbocycles. The number of amides is 1. The van der Waals surface area contributed by atoms with E-state index in [0.717, 1.165) is 27.5 Å². The Balaban J connectivity index is 2.05. The van der Waals surface area contributed by atoms with Crippen molar-refractivity contribution in [1.82, 2.24) is 0 Å². The van der Waals surface area contributed by atoms with Gasteiger partial charge in [-0.3, -0.25) is 4.79 Å². The summed E-state index contributed by atoms with van der Waals surface area (Å²) in [5.41, 5.74) is 2.98. The second-order valence-electron chi connectivity index (χ2n) is 6.60. The first kappa shape index (κ1) is 20.6. The highest BCUT2D eigenvalue weighted by Gasteiger charge is 2.23. The summed E-state index contributed by atoms with van der Waals surface area (Å²) in [5, 5.41) is 2.96. The van der Waals surface area contributed by atoms with E-state index in [9.17, 15) is 4.79 Å². The minimum atomic E-state index is -0.223. The van der Waals surface area contributed by atoms with E-state index in [1.54, 1.807) is 21.3 Å². The van der Waals surface area contributed by atoms with Crippen LogP contribution in [0.15, 0.2) is 36.4 Å². The monoisotopic (exact) mass is 373 g/mol. The molecule has 0 spiro atoms. The van der Waals surface area contributed by atoms with E-state index >= 15 is 0 Å². The van der Waals surface area contributed by atoms with Crippen molar-refractivity contribution in [1.29, 1.82) is 0 Å². The number of carbonyl (C=O) groups is 1. The standard InChI is InChI=1S/C21H28N2O4/c1-14-11-19(26-5)20(27-6)12-16(14)13-23(3)15(2)21(24)22-17-7-9-18(25-4)10-8-17/h7-12,15H,13H2,1-6H3,(H,22,24)/p+1/t15-/m0/s1. The lowest BCUT2D eigenvalue weighted by atomic mass is 10.1. The normalized spacial score (nSPS) is 12.8. The highest BCUT2D eigenvalue weighted by atomic mass is 16.5. The lowest BCUT2D eigenvalue weighted by molar-refractivity contribution is -0.907. The van der Waals surface area contributed by atoms with Gasteiger partial charge in [-0.25, -0.2) is 0 Å². The summed E-state index contributed by atoms with van der Waals surface area (Å²) in [7, 11) is 6.87. The van der Waals surface area contributed by atoms with Crippen LogP contribution in [0.4, 0.5) is 5.69 Å². The van der Waals surface area contributed by atoms with Crippen molar-refractivity contribution in [2.75, 3.05) is 33.7 Å². The van der Waals surface area contributed by atoms with Gasteiger partial charge in [0.2, 0.25) is 0 Å². The Morgan fingerprint density at radius 1 is 1.04 bits per heavy atom. The van der Waals surface area contributed by atoms with E-state index in [4.69, 9.17) is 14.2 Å². The van der Waals surface area contributed by atoms with Crippen molar-refractivity contribution < 1.29 is 23.9 Å². The van der Waals surface area contributed by atoms with Crippen LogP contribution in [0, 0.1) is 6.92 Å². The van der Waals surface area contributed by atoms with E-state index in [1.165, 1.54) is 0 Å². The number of hydrogen-bond acceptors (Lipinski definition) is 4. The molecule has 2 N–H and O–H groups in total. The third-order valence-electron chi connectivity index (χ3n) is 4.80. The van der Waals surface area contributed by atoms with Gasteiger partial charge in [0.1, 0.15) is 12.3 Å². The number of ether oxygens (including phenoxy) is 3. The molecule has 0 aromatic heterocycles. The topological polar surface area (TPSA) is 61.2 Å². The summed E-state index contributed by atoms with van der Waals surface area (Å²) in [6, 6.07) is 11.0. The van der Waals surface area contributed by atoms with Gasteiger partial charge in [-0.2, -0.15) is 0 Å². The molecule has 2 aromatic carbocycles. The smallest absolute Gasteiger partial charge is 0.282 e. The molecule has 0 heterocycles. The molecule has 0 bridgehead atoms. The number of benzene rings is 2. The molecule has 27 heavy (non-hydrogen) atoms. The number of rotatable bonds is 8. The van der Waals surface area contributed by atoms with E-state index < -0.39 is 0 Å². The summed E-state index contributed by atoms with van der Waals surface area (Å²) in [6.07, 6.45) is 0. The van der Waals surface area contributed by atoms with Crippen LogP contribution in [0.3, 0.4) is 0 Å². The molecule has 146 valence electrons. The molecule has 0 radical (unpaired) electrons. The fourth-order valence-corrected chi connectivity index (χ4v) is 2.82. The zero-order chi connectivity index (χ0) is 20.0. The number of hydrogen-bond donors (Lipinski definition) is 2. The maximum Gasteiger partial charge on any atom is 0.282 e. The van der Waals surface area contributed by atoms with Crippen LogP contribution in [-0.4, -0.2) is 40.3 Å². The summed E-state index contributed by atoms with van der Waals surface area (Å²) in [6.45, 7) is 4.65. The number of anilines is 1. The predicted octanol–water partition coefficient (Wildman–Crippen LogP) is 2.06. The molecule has 6 nitrogen and oxygen atoms in total. The molecule has 0 aliphatic heterocycles. The molecule has 0 aliphatic rings. The van der Waals surface area contributed by atoms with E-state index in [2.05, 4.69) is 5.32 Å². The van der Waals surface area contributed by atoms with Crippen molar-refractivity contribution >= 4 is 11.6 Å². The molecule has 1 unspecified atom stereocenters. The van der Waals surface area contributed by atoms with Crippen molar-refractivity contribution in [2.24, 2.45) is 0 Å². The maximum absolute atomic E-state index is 12.6. The maximum atomic E-state index is 12.6. The minimum absolute atomic E-state index is 0.0317. The van der Waals surface area contributed by atoms with Gasteiger partial charge in [0.05, 0.1) is 28.4 Å². The Labute approximate surface area is 161 Å². The predicted molar refractivity (Wildman–Crippen MR) is 106 cm³/mol. The number of methoxy groups -OCH3 is 3. The average molecular weight is 373 g/mol. The molecule has 0 saturated heterocycles. The quantitative estimate of drug-likeness (QED) is 0.744.